The molecule has 4 aromatic rings. The Kier molecular flexibility index (Phi) is 4.81. The molecule has 0 spiro atoms. The first-order valence-corrected chi connectivity index (χ1v) is 10.1. The average molecular weight is 420 g/mol. The maximum Gasteiger partial charge on any atom is 0.418 e. The van der Waals surface area contributed by atoms with Gasteiger partial charge in [-0.3, -0.25) is 4.98 Å². The van der Waals surface area contributed by atoms with Gasteiger partial charge in [-0.25, -0.2) is 9.97 Å². The standard InChI is InChI=1S/C24H19F3N4/c25-24(26,27)19-8-4-12-28-22(19)16-10-11-18-21(13-16)29-14-30-23(18)31-20-9-3-6-15-5-1-2-7-17(15)20/h1-2,4-5,7-8,10-14,20H,3,6,9H2,(H,29,30,31). The zero-order chi connectivity index (χ0) is 21.4. The molecule has 1 N–H and O–H groups in total. The SMILES string of the molecule is FC(F)(F)c1cccnc1-c1ccc2c(NC3CCCc4ccccc43)ncnc2c1. The first kappa shape index (κ1) is 19.5. The van der Waals surface area contributed by atoms with Crippen molar-refractivity contribution in [3.8, 4) is 11.3 Å². The van der Waals surface area contributed by atoms with Crippen LogP contribution in [0.4, 0.5) is 19.0 Å². The molecule has 4 nitrogen and oxygen atoms in total. The predicted octanol–water partition coefficient (Wildman–Crippen LogP) is 6.20. The summed E-state index contributed by atoms with van der Waals surface area (Å²) in [7, 11) is 0. The van der Waals surface area contributed by atoms with Crippen LogP contribution in [0.2, 0.25) is 0 Å². The number of aryl methyl sites for hydroxylation is 1. The van der Waals surface area contributed by atoms with Crippen LogP contribution in [0.3, 0.4) is 0 Å². The number of nitrogens with one attached hydrogen (secondary N) is 1. The molecule has 0 saturated heterocycles. The molecule has 1 unspecified atom stereocenters. The van der Waals surface area contributed by atoms with Crippen molar-refractivity contribution >= 4 is 16.7 Å². The lowest BCUT2D eigenvalue weighted by Crippen LogP contribution is -2.18. The number of nitrogens with zero attached hydrogens (tertiary/aromatic N) is 3. The van der Waals surface area contributed by atoms with E-state index >= 15 is 0 Å². The lowest BCUT2D eigenvalue weighted by Gasteiger charge is -2.27. The monoisotopic (exact) mass is 420 g/mol. The molecule has 1 aliphatic rings. The Morgan fingerprint density at radius 1 is 0.935 bits per heavy atom. The summed E-state index contributed by atoms with van der Waals surface area (Å²) in [4.78, 5) is 12.7. The van der Waals surface area contributed by atoms with Crippen LogP contribution in [0.5, 0.6) is 0 Å². The molecule has 156 valence electrons. The number of hydrogen-bond donors (Lipinski definition) is 1. The van der Waals surface area contributed by atoms with E-state index in [2.05, 4.69) is 38.5 Å². The third-order valence-electron chi connectivity index (χ3n) is 5.70. The molecule has 2 heterocycles. The van der Waals surface area contributed by atoms with Crippen molar-refractivity contribution in [3.63, 3.8) is 0 Å². The first-order valence-electron chi connectivity index (χ1n) is 10.1. The fourth-order valence-electron chi connectivity index (χ4n) is 4.25. The number of hydrogen-bond acceptors (Lipinski definition) is 4. The van der Waals surface area contributed by atoms with Gasteiger partial charge in [-0.1, -0.05) is 30.3 Å². The molecule has 2 aromatic carbocycles. The average Bonchev–Trinajstić information content (AvgIpc) is 2.79. The molecule has 1 aliphatic carbocycles. The molecule has 5 rings (SSSR count). The van der Waals surface area contributed by atoms with Crippen molar-refractivity contribution in [2.75, 3.05) is 5.32 Å². The highest BCUT2D eigenvalue weighted by molar-refractivity contribution is 5.92. The van der Waals surface area contributed by atoms with Gasteiger partial charge in [-0.2, -0.15) is 13.2 Å². The van der Waals surface area contributed by atoms with Gasteiger partial charge in [0.25, 0.3) is 0 Å². The summed E-state index contributed by atoms with van der Waals surface area (Å²) in [5, 5.41) is 4.29. The zero-order valence-electron chi connectivity index (χ0n) is 16.5. The highest BCUT2D eigenvalue weighted by Crippen LogP contribution is 2.37. The smallest absolute Gasteiger partial charge is 0.363 e. The number of halogens is 3. The van der Waals surface area contributed by atoms with Gasteiger partial charge in [0.05, 0.1) is 22.8 Å². The van der Waals surface area contributed by atoms with Crippen LogP contribution in [0, 0.1) is 0 Å². The van der Waals surface area contributed by atoms with Crippen LogP contribution in [-0.2, 0) is 12.6 Å². The van der Waals surface area contributed by atoms with E-state index in [0.717, 1.165) is 30.7 Å². The van der Waals surface area contributed by atoms with E-state index in [1.54, 1.807) is 18.2 Å². The molecule has 0 aliphatic heterocycles. The number of alkyl halides is 3. The van der Waals surface area contributed by atoms with Crippen molar-refractivity contribution in [2.24, 2.45) is 0 Å². The Hall–Kier alpha value is -3.48. The maximum absolute atomic E-state index is 13.4. The molecular weight excluding hydrogens is 401 g/mol. The number of benzene rings is 2. The molecule has 0 radical (unpaired) electrons. The Bertz CT molecular complexity index is 1250. The van der Waals surface area contributed by atoms with Crippen LogP contribution in [-0.4, -0.2) is 15.0 Å². The molecule has 0 fully saturated rings. The Balaban J connectivity index is 1.53. The molecule has 2 aromatic heterocycles. The Labute approximate surface area is 177 Å². The summed E-state index contributed by atoms with van der Waals surface area (Å²) >= 11 is 0. The van der Waals surface area contributed by atoms with Crippen molar-refractivity contribution in [1.82, 2.24) is 15.0 Å². The van der Waals surface area contributed by atoms with E-state index in [9.17, 15) is 13.2 Å². The largest absolute Gasteiger partial charge is 0.418 e. The fraction of sp³-hybridized carbons (Fsp3) is 0.208. The Morgan fingerprint density at radius 2 is 1.81 bits per heavy atom. The first-order chi connectivity index (χ1) is 15.0. The lowest BCUT2D eigenvalue weighted by atomic mass is 9.87. The third kappa shape index (κ3) is 3.71. The van der Waals surface area contributed by atoms with Gasteiger partial charge >= 0.3 is 6.18 Å². The third-order valence-corrected chi connectivity index (χ3v) is 5.70. The second-order valence-electron chi connectivity index (χ2n) is 7.64. The van der Waals surface area contributed by atoms with Gasteiger partial charge in [0.15, 0.2) is 0 Å². The topological polar surface area (TPSA) is 50.7 Å². The minimum atomic E-state index is -4.48. The van der Waals surface area contributed by atoms with Gasteiger partial charge in [0.2, 0.25) is 0 Å². The number of aromatic nitrogens is 3. The second-order valence-corrected chi connectivity index (χ2v) is 7.64. The summed E-state index contributed by atoms with van der Waals surface area (Å²) in [6, 6.07) is 15.9. The molecule has 31 heavy (non-hydrogen) atoms. The van der Waals surface area contributed by atoms with Crippen LogP contribution in [0.1, 0.15) is 35.6 Å². The van der Waals surface area contributed by atoms with Gasteiger partial charge in [0.1, 0.15) is 12.1 Å². The maximum atomic E-state index is 13.4. The van der Waals surface area contributed by atoms with Crippen LogP contribution in [0.25, 0.3) is 22.2 Å². The highest BCUT2D eigenvalue weighted by atomic mass is 19.4. The van der Waals surface area contributed by atoms with Gasteiger partial charge in [0, 0.05) is 17.1 Å². The molecule has 7 heteroatoms. The van der Waals surface area contributed by atoms with E-state index in [-0.39, 0.29) is 11.7 Å². The minimum absolute atomic E-state index is 0.105. The van der Waals surface area contributed by atoms with Crippen LogP contribution >= 0.6 is 0 Å². The number of fused-ring (bicyclic) bond motifs is 2. The fourth-order valence-corrected chi connectivity index (χ4v) is 4.25. The van der Waals surface area contributed by atoms with Crippen molar-refractivity contribution in [1.29, 1.82) is 0 Å². The summed E-state index contributed by atoms with van der Waals surface area (Å²) < 4.78 is 40.3. The van der Waals surface area contributed by atoms with E-state index in [1.807, 2.05) is 6.07 Å². The summed E-state index contributed by atoms with van der Waals surface area (Å²) in [5.74, 6) is 0.676. The van der Waals surface area contributed by atoms with Crippen molar-refractivity contribution in [2.45, 2.75) is 31.5 Å². The van der Waals surface area contributed by atoms with E-state index < -0.39 is 11.7 Å². The highest BCUT2D eigenvalue weighted by Gasteiger charge is 2.34. The van der Waals surface area contributed by atoms with E-state index in [0.29, 0.717) is 16.9 Å². The summed E-state index contributed by atoms with van der Waals surface area (Å²) in [5.41, 5.74) is 2.67. The van der Waals surface area contributed by atoms with Gasteiger partial charge < -0.3 is 5.32 Å². The molecular formula is C24H19F3N4. The second kappa shape index (κ2) is 7.65. The Morgan fingerprint density at radius 3 is 2.68 bits per heavy atom. The van der Waals surface area contributed by atoms with Crippen molar-refractivity contribution < 1.29 is 13.2 Å². The normalized spacial score (nSPS) is 16.2. The summed E-state index contributed by atoms with van der Waals surface area (Å²) in [6.07, 6.45) is 1.46. The summed E-state index contributed by atoms with van der Waals surface area (Å²) in [6.45, 7) is 0. The lowest BCUT2D eigenvalue weighted by molar-refractivity contribution is -0.137. The zero-order valence-corrected chi connectivity index (χ0v) is 16.5. The van der Waals surface area contributed by atoms with E-state index in [4.69, 9.17) is 0 Å². The number of anilines is 1. The predicted molar refractivity (Wildman–Crippen MR) is 114 cm³/mol. The molecule has 0 saturated carbocycles. The number of pyridine rings is 1. The van der Waals surface area contributed by atoms with Crippen molar-refractivity contribution in [3.05, 3.63) is 83.8 Å². The van der Waals surface area contributed by atoms with Gasteiger partial charge in [-0.05, 0) is 54.7 Å². The minimum Gasteiger partial charge on any atom is -0.363 e. The van der Waals surface area contributed by atoms with E-state index in [1.165, 1.54) is 29.7 Å². The van der Waals surface area contributed by atoms with Gasteiger partial charge in [-0.15, -0.1) is 0 Å². The van der Waals surface area contributed by atoms with Crippen LogP contribution < -0.4 is 5.32 Å². The molecule has 1 atom stereocenters. The van der Waals surface area contributed by atoms with Crippen LogP contribution in [0.15, 0.2) is 67.1 Å². The quantitative estimate of drug-likeness (QED) is 0.429. The number of rotatable bonds is 3. The molecule has 0 amide bonds. The molecule has 0 bridgehead atoms.